The van der Waals surface area contributed by atoms with Crippen LogP contribution in [0.2, 0.25) is 0 Å². The minimum atomic E-state index is -3.14. The summed E-state index contributed by atoms with van der Waals surface area (Å²) in [6.07, 6.45) is 0. The molecule has 0 aliphatic rings. The van der Waals surface area contributed by atoms with Crippen LogP contribution >= 0.6 is 7.14 Å². The predicted molar refractivity (Wildman–Crippen MR) is 267 cm³/mol. The van der Waals surface area contributed by atoms with Crippen molar-refractivity contribution in [2.75, 3.05) is 0 Å². The fraction of sp³-hybridized carbons (Fsp3) is 0. The number of fused-ring (bicyclic) bond motifs is 3. The Labute approximate surface area is 372 Å². The molecule has 0 amide bonds. The highest BCUT2D eigenvalue weighted by atomic mass is 31.2. The van der Waals surface area contributed by atoms with Crippen LogP contribution in [0.1, 0.15) is 0 Å². The first-order chi connectivity index (χ1) is 31.6. The largest absolute Gasteiger partial charge is 0.309 e. The molecule has 0 aliphatic carbocycles. The van der Waals surface area contributed by atoms with E-state index in [0.717, 1.165) is 93.8 Å². The van der Waals surface area contributed by atoms with Crippen LogP contribution in [0.25, 0.3) is 89.1 Å². The molecule has 0 unspecified atom stereocenters. The van der Waals surface area contributed by atoms with Crippen LogP contribution < -0.4 is 15.9 Å². The Bertz CT molecular complexity index is 3460. The van der Waals surface area contributed by atoms with E-state index in [2.05, 4.69) is 121 Å². The van der Waals surface area contributed by atoms with E-state index in [4.69, 9.17) is 15.0 Å². The topological polar surface area (TPSA) is 55.7 Å². The number of hydrogen-bond donors (Lipinski definition) is 0. The molecule has 9 aromatic carbocycles. The van der Waals surface area contributed by atoms with Gasteiger partial charge in [0.15, 0.2) is 13.0 Å². The van der Waals surface area contributed by atoms with Crippen LogP contribution in [-0.2, 0) is 4.57 Å². The SMILES string of the molecule is O=P(c1ccccc1)(c1ccccc1)c1ccc(-c2cc(-c3cccc(-c4cccc(-c5cccc6c(-c7ccccc7)nc7ccccc7c56)c4)c3)nc(-c3ccccc3)n2)cc1. The van der Waals surface area contributed by atoms with Crippen LogP contribution in [-0.4, -0.2) is 15.0 Å². The van der Waals surface area contributed by atoms with Gasteiger partial charge in [0, 0.05) is 54.3 Å². The second kappa shape index (κ2) is 16.7. The van der Waals surface area contributed by atoms with Crippen LogP contribution in [0.4, 0.5) is 0 Å². The van der Waals surface area contributed by atoms with Gasteiger partial charge in [-0.05, 0) is 46.5 Å². The van der Waals surface area contributed by atoms with Gasteiger partial charge in [0.1, 0.15) is 0 Å². The lowest BCUT2D eigenvalue weighted by atomic mass is 9.91. The predicted octanol–water partition coefficient (Wildman–Crippen LogP) is 13.8. The van der Waals surface area contributed by atoms with E-state index in [1.54, 1.807) is 0 Å². The molecule has 0 fully saturated rings. The van der Waals surface area contributed by atoms with Gasteiger partial charge in [-0.3, -0.25) is 0 Å². The van der Waals surface area contributed by atoms with Gasteiger partial charge in [-0.15, -0.1) is 0 Å². The summed E-state index contributed by atoms with van der Waals surface area (Å²) in [5, 5.41) is 5.82. The van der Waals surface area contributed by atoms with Crippen LogP contribution in [0.3, 0.4) is 0 Å². The van der Waals surface area contributed by atoms with Crippen molar-refractivity contribution in [2.24, 2.45) is 0 Å². The summed E-state index contributed by atoms with van der Waals surface area (Å²) in [6, 6.07) is 82.6. The van der Waals surface area contributed by atoms with Gasteiger partial charge in [0.2, 0.25) is 0 Å². The van der Waals surface area contributed by atoms with Crippen molar-refractivity contribution in [3.8, 4) is 67.4 Å². The smallest absolute Gasteiger partial charge is 0.171 e. The number of aromatic nitrogens is 3. The van der Waals surface area contributed by atoms with E-state index >= 15 is 4.57 Å². The molecule has 0 radical (unpaired) electrons. The average Bonchev–Trinajstić information content (AvgIpc) is 3.39. The molecular formula is C59H40N3OP. The van der Waals surface area contributed by atoms with Gasteiger partial charge in [0.05, 0.1) is 22.6 Å². The second-order valence-electron chi connectivity index (χ2n) is 15.9. The van der Waals surface area contributed by atoms with Gasteiger partial charge < -0.3 is 4.57 Å². The Morgan fingerprint density at radius 3 is 1.44 bits per heavy atom. The standard InChI is InChI=1S/C59H40N3OP/c63-64(48-26-9-3-10-27-48,49-28-11-4-12-29-49)50-36-34-41(35-37-50)55-40-56(62-59(61-55)43-20-7-2-8-21-43)47-25-16-23-45(39-47)44-22-15-24-46(38-44)51-31-17-32-53-57(51)52-30-13-14-33-54(52)60-58(53)42-18-5-1-6-19-42/h1-40H. The molecule has 64 heavy (non-hydrogen) atoms. The highest BCUT2D eigenvalue weighted by Gasteiger charge is 2.29. The molecule has 0 spiro atoms. The van der Waals surface area contributed by atoms with Crippen molar-refractivity contribution in [1.82, 2.24) is 15.0 Å². The van der Waals surface area contributed by atoms with Crippen molar-refractivity contribution in [2.45, 2.75) is 0 Å². The van der Waals surface area contributed by atoms with Crippen molar-refractivity contribution >= 4 is 44.7 Å². The molecule has 2 aromatic heterocycles. The fourth-order valence-electron chi connectivity index (χ4n) is 8.81. The summed E-state index contributed by atoms with van der Waals surface area (Å²) in [7, 11) is -3.14. The summed E-state index contributed by atoms with van der Waals surface area (Å²) in [5.74, 6) is 0.636. The number of pyridine rings is 1. The maximum absolute atomic E-state index is 15.1. The maximum atomic E-state index is 15.1. The Kier molecular flexibility index (Phi) is 10.1. The van der Waals surface area contributed by atoms with Gasteiger partial charge in [0.25, 0.3) is 0 Å². The van der Waals surface area contributed by atoms with Crippen molar-refractivity contribution in [1.29, 1.82) is 0 Å². The number of rotatable bonds is 9. The highest BCUT2D eigenvalue weighted by Crippen LogP contribution is 2.43. The van der Waals surface area contributed by atoms with Gasteiger partial charge in [-0.25, -0.2) is 15.0 Å². The molecule has 5 heteroatoms. The minimum absolute atomic E-state index is 0.636. The third-order valence-corrected chi connectivity index (χ3v) is 15.0. The Hall–Kier alpha value is -8.04. The first kappa shape index (κ1) is 38.9. The molecule has 0 bridgehead atoms. The van der Waals surface area contributed by atoms with E-state index in [0.29, 0.717) is 5.82 Å². The molecule has 302 valence electrons. The molecular weight excluding hydrogens is 798 g/mol. The number of benzene rings is 9. The van der Waals surface area contributed by atoms with Gasteiger partial charge >= 0.3 is 0 Å². The fourth-order valence-corrected chi connectivity index (χ4v) is 11.5. The normalized spacial score (nSPS) is 11.5. The van der Waals surface area contributed by atoms with E-state index in [1.165, 1.54) is 5.39 Å². The van der Waals surface area contributed by atoms with E-state index < -0.39 is 7.14 Å². The van der Waals surface area contributed by atoms with E-state index in [-0.39, 0.29) is 0 Å². The van der Waals surface area contributed by atoms with Gasteiger partial charge in [-0.1, -0.05) is 218 Å². The Balaban J connectivity index is 0.996. The van der Waals surface area contributed by atoms with Gasteiger partial charge in [-0.2, -0.15) is 0 Å². The van der Waals surface area contributed by atoms with Crippen molar-refractivity contribution in [3.05, 3.63) is 243 Å². The third kappa shape index (κ3) is 7.20. The molecule has 0 N–H and O–H groups in total. The van der Waals surface area contributed by atoms with E-state index in [1.807, 2.05) is 121 Å². The monoisotopic (exact) mass is 837 g/mol. The molecule has 0 saturated carbocycles. The van der Waals surface area contributed by atoms with E-state index in [9.17, 15) is 0 Å². The van der Waals surface area contributed by atoms with Crippen molar-refractivity contribution in [3.63, 3.8) is 0 Å². The average molecular weight is 838 g/mol. The Morgan fingerprint density at radius 2 is 0.781 bits per heavy atom. The lowest BCUT2D eigenvalue weighted by molar-refractivity contribution is 0.592. The lowest BCUT2D eigenvalue weighted by Crippen LogP contribution is -2.24. The van der Waals surface area contributed by atoms with Crippen LogP contribution in [0, 0.1) is 0 Å². The third-order valence-electron chi connectivity index (χ3n) is 12.0. The zero-order chi connectivity index (χ0) is 42.9. The summed E-state index contributed by atoms with van der Waals surface area (Å²) >= 11 is 0. The number of para-hydroxylation sites is 1. The second-order valence-corrected chi connectivity index (χ2v) is 18.7. The zero-order valence-corrected chi connectivity index (χ0v) is 35.7. The zero-order valence-electron chi connectivity index (χ0n) is 34.8. The summed E-state index contributed by atoms with van der Waals surface area (Å²) in [6.45, 7) is 0. The molecule has 0 saturated heterocycles. The molecule has 2 heterocycles. The maximum Gasteiger partial charge on any atom is 0.171 e. The highest BCUT2D eigenvalue weighted by molar-refractivity contribution is 7.85. The summed E-state index contributed by atoms with van der Waals surface area (Å²) in [5.41, 5.74) is 11.9. The van der Waals surface area contributed by atoms with Crippen molar-refractivity contribution < 1.29 is 4.57 Å². The first-order valence-corrected chi connectivity index (χ1v) is 23.2. The summed E-state index contributed by atoms with van der Waals surface area (Å²) < 4.78 is 15.1. The quantitative estimate of drug-likeness (QED) is 0.107. The number of nitrogens with zero attached hydrogens (tertiary/aromatic N) is 3. The lowest BCUT2D eigenvalue weighted by Gasteiger charge is -2.20. The molecule has 0 atom stereocenters. The first-order valence-electron chi connectivity index (χ1n) is 21.5. The molecule has 4 nitrogen and oxygen atoms in total. The van der Waals surface area contributed by atoms with Crippen LogP contribution in [0.15, 0.2) is 243 Å². The molecule has 11 aromatic rings. The van der Waals surface area contributed by atoms with Crippen LogP contribution in [0.5, 0.6) is 0 Å². The number of hydrogen-bond acceptors (Lipinski definition) is 4. The molecule has 11 rings (SSSR count). The molecule has 0 aliphatic heterocycles. The summed E-state index contributed by atoms with van der Waals surface area (Å²) in [4.78, 5) is 15.5. The minimum Gasteiger partial charge on any atom is -0.309 e. The Morgan fingerprint density at radius 1 is 0.312 bits per heavy atom.